The second kappa shape index (κ2) is 5.93. The monoisotopic (exact) mass is 304 g/mol. The zero-order valence-corrected chi connectivity index (χ0v) is 12.3. The molecule has 0 N–H and O–H groups in total. The van der Waals surface area contributed by atoms with Gasteiger partial charge in [-0.25, -0.2) is 0 Å². The van der Waals surface area contributed by atoms with Gasteiger partial charge in [0.2, 0.25) is 0 Å². The Labute approximate surface area is 126 Å². The van der Waals surface area contributed by atoms with Gasteiger partial charge in [-0.1, -0.05) is 11.6 Å². The lowest BCUT2D eigenvalue weighted by Crippen LogP contribution is -2.26. The fraction of sp³-hybridized carbons (Fsp3) is 0.133. The minimum atomic E-state index is -0.499. The Balaban J connectivity index is 2.28. The molecule has 0 bridgehead atoms. The predicted molar refractivity (Wildman–Crippen MR) is 82.0 cm³/mol. The summed E-state index contributed by atoms with van der Waals surface area (Å²) in [5, 5.41) is 11.2. The fourth-order valence-electron chi connectivity index (χ4n) is 2.02. The molecule has 0 atom stereocenters. The first-order valence-corrected chi connectivity index (χ1v) is 6.56. The van der Waals surface area contributed by atoms with Crippen LogP contribution in [0.3, 0.4) is 0 Å². The van der Waals surface area contributed by atoms with Gasteiger partial charge >= 0.3 is 0 Å². The molecule has 0 saturated carbocycles. The molecule has 0 radical (unpaired) electrons. The van der Waals surface area contributed by atoms with E-state index in [0.717, 1.165) is 11.3 Å². The smallest absolute Gasteiger partial charge is 0.269 e. The minimum absolute atomic E-state index is 0.0446. The van der Waals surface area contributed by atoms with E-state index in [4.69, 9.17) is 11.6 Å². The predicted octanol–water partition coefficient (Wildman–Crippen LogP) is 3.83. The molecule has 2 aromatic carbocycles. The summed E-state index contributed by atoms with van der Waals surface area (Å²) >= 11 is 5.90. The Bertz CT molecular complexity index is 699. The number of aryl methyl sites for hydroxylation is 1. The maximum Gasteiger partial charge on any atom is 0.269 e. The molecule has 0 aromatic heterocycles. The zero-order chi connectivity index (χ0) is 15.6. The Morgan fingerprint density at radius 2 is 1.81 bits per heavy atom. The van der Waals surface area contributed by atoms with Crippen molar-refractivity contribution in [3.63, 3.8) is 0 Å². The number of carbonyl (C=O) groups excluding carboxylic acids is 1. The van der Waals surface area contributed by atoms with Gasteiger partial charge in [-0.2, -0.15) is 0 Å². The van der Waals surface area contributed by atoms with Crippen molar-refractivity contribution in [1.29, 1.82) is 0 Å². The summed E-state index contributed by atoms with van der Waals surface area (Å²) in [7, 11) is 1.65. The number of amides is 1. The first-order valence-electron chi connectivity index (χ1n) is 6.19. The number of rotatable bonds is 3. The standard InChI is InChI=1S/C15H13ClN2O3/c1-10-9-12(16)5-8-14(10)17(2)15(19)11-3-6-13(7-4-11)18(20)21/h3-9H,1-2H3. The third-order valence-electron chi connectivity index (χ3n) is 3.15. The van der Waals surface area contributed by atoms with E-state index in [0.29, 0.717) is 10.6 Å². The van der Waals surface area contributed by atoms with E-state index in [9.17, 15) is 14.9 Å². The Morgan fingerprint density at radius 1 is 1.19 bits per heavy atom. The number of hydrogen-bond donors (Lipinski definition) is 0. The summed E-state index contributed by atoms with van der Waals surface area (Å²) in [6, 6.07) is 10.8. The molecule has 21 heavy (non-hydrogen) atoms. The van der Waals surface area contributed by atoms with Crippen LogP contribution in [0.1, 0.15) is 15.9 Å². The maximum absolute atomic E-state index is 12.4. The van der Waals surface area contributed by atoms with Crippen molar-refractivity contribution in [2.45, 2.75) is 6.92 Å². The number of carbonyl (C=O) groups is 1. The van der Waals surface area contributed by atoms with Crippen LogP contribution in [-0.2, 0) is 0 Å². The molecule has 2 aromatic rings. The summed E-state index contributed by atoms with van der Waals surface area (Å²) in [6.45, 7) is 1.86. The first kappa shape index (κ1) is 15.0. The topological polar surface area (TPSA) is 63.5 Å². The van der Waals surface area contributed by atoms with Gasteiger partial charge in [0.05, 0.1) is 4.92 Å². The molecule has 1 amide bonds. The third-order valence-corrected chi connectivity index (χ3v) is 3.39. The Hall–Kier alpha value is -2.40. The molecule has 0 aliphatic carbocycles. The van der Waals surface area contributed by atoms with Gasteiger partial charge in [0.15, 0.2) is 0 Å². The van der Waals surface area contributed by atoms with Crippen molar-refractivity contribution >= 4 is 28.9 Å². The van der Waals surface area contributed by atoms with Crippen LogP contribution in [0.5, 0.6) is 0 Å². The highest BCUT2D eigenvalue weighted by atomic mass is 35.5. The average molecular weight is 305 g/mol. The van der Waals surface area contributed by atoms with Crippen LogP contribution >= 0.6 is 11.6 Å². The minimum Gasteiger partial charge on any atom is -0.311 e. The summed E-state index contributed by atoms with van der Waals surface area (Å²) in [6.07, 6.45) is 0. The van der Waals surface area contributed by atoms with Crippen molar-refractivity contribution in [3.8, 4) is 0 Å². The fourth-order valence-corrected chi connectivity index (χ4v) is 2.25. The Kier molecular flexibility index (Phi) is 4.23. The highest BCUT2D eigenvalue weighted by Gasteiger charge is 2.16. The van der Waals surface area contributed by atoms with Crippen LogP contribution in [0, 0.1) is 17.0 Å². The molecule has 108 valence electrons. The summed E-state index contributed by atoms with van der Waals surface area (Å²) < 4.78 is 0. The van der Waals surface area contributed by atoms with Gasteiger partial charge < -0.3 is 4.90 Å². The summed E-state index contributed by atoms with van der Waals surface area (Å²) in [4.78, 5) is 24.0. The van der Waals surface area contributed by atoms with E-state index in [2.05, 4.69) is 0 Å². The van der Waals surface area contributed by atoms with Crippen LogP contribution in [0.25, 0.3) is 0 Å². The molecule has 0 spiro atoms. The normalized spacial score (nSPS) is 10.2. The number of hydrogen-bond acceptors (Lipinski definition) is 3. The Morgan fingerprint density at radius 3 is 2.33 bits per heavy atom. The van der Waals surface area contributed by atoms with Crippen LogP contribution < -0.4 is 4.90 Å². The van der Waals surface area contributed by atoms with E-state index in [1.54, 1.807) is 25.2 Å². The SMILES string of the molecule is Cc1cc(Cl)ccc1N(C)C(=O)c1ccc([N+](=O)[O-])cc1. The highest BCUT2D eigenvalue weighted by Crippen LogP contribution is 2.24. The third kappa shape index (κ3) is 3.20. The number of halogens is 1. The summed E-state index contributed by atoms with van der Waals surface area (Å²) in [5.41, 5.74) is 1.96. The van der Waals surface area contributed by atoms with Crippen LogP contribution in [0.2, 0.25) is 5.02 Å². The average Bonchev–Trinajstić information content (AvgIpc) is 2.46. The lowest BCUT2D eigenvalue weighted by molar-refractivity contribution is -0.384. The molecule has 0 aliphatic heterocycles. The molecule has 5 nitrogen and oxygen atoms in total. The van der Waals surface area contributed by atoms with E-state index in [-0.39, 0.29) is 11.6 Å². The number of anilines is 1. The second-order valence-electron chi connectivity index (χ2n) is 4.60. The lowest BCUT2D eigenvalue weighted by Gasteiger charge is -2.19. The molecule has 0 unspecified atom stereocenters. The number of nitro groups is 1. The molecule has 0 fully saturated rings. The largest absolute Gasteiger partial charge is 0.311 e. The van der Waals surface area contributed by atoms with Crippen molar-refractivity contribution in [2.75, 3.05) is 11.9 Å². The lowest BCUT2D eigenvalue weighted by atomic mass is 10.1. The summed E-state index contributed by atoms with van der Waals surface area (Å²) in [5.74, 6) is -0.240. The number of nitrogens with zero attached hydrogens (tertiary/aromatic N) is 2. The van der Waals surface area contributed by atoms with Gasteiger partial charge in [-0.15, -0.1) is 0 Å². The second-order valence-corrected chi connectivity index (χ2v) is 5.04. The van der Waals surface area contributed by atoms with Crippen molar-refractivity contribution in [1.82, 2.24) is 0 Å². The van der Waals surface area contributed by atoms with E-state index in [1.807, 2.05) is 6.92 Å². The number of benzene rings is 2. The number of nitro benzene ring substituents is 1. The number of non-ortho nitro benzene ring substituents is 1. The molecular weight excluding hydrogens is 292 g/mol. The molecule has 6 heteroatoms. The van der Waals surface area contributed by atoms with Crippen molar-refractivity contribution in [3.05, 3.63) is 68.7 Å². The van der Waals surface area contributed by atoms with Gasteiger partial charge in [-0.3, -0.25) is 14.9 Å². The van der Waals surface area contributed by atoms with Crippen molar-refractivity contribution < 1.29 is 9.72 Å². The maximum atomic E-state index is 12.4. The molecule has 0 aliphatic rings. The van der Waals surface area contributed by atoms with E-state index in [1.165, 1.54) is 29.2 Å². The zero-order valence-electron chi connectivity index (χ0n) is 11.5. The molecule has 0 heterocycles. The van der Waals surface area contributed by atoms with E-state index < -0.39 is 4.92 Å². The van der Waals surface area contributed by atoms with Crippen LogP contribution in [0.15, 0.2) is 42.5 Å². The quantitative estimate of drug-likeness (QED) is 0.639. The highest BCUT2D eigenvalue weighted by molar-refractivity contribution is 6.30. The van der Waals surface area contributed by atoms with Gasteiger partial charge in [0.1, 0.15) is 0 Å². The molecule has 0 saturated heterocycles. The first-order chi connectivity index (χ1) is 9.90. The van der Waals surface area contributed by atoms with Crippen LogP contribution in [0.4, 0.5) is 11.4 Å². The van der Waals surface area contributed by atoms with Gasteiger partial charge in [-0.05, 0) is 42.8 Å². The van der Waals surface area contributed by atoms with Gasteiger partial charge in [0.25, 0.3) is 11.6 Å². The molecular formula is C15H13ClN2O3. The van der Waals surface area contributed by atoms with Crippen LogP contribution in [-0.4, -0.2) is 17.9 Å². The molecule has 2 rings (SSSR count). The van der Waals surface area contributed by atoms with E-state index >= 15 is 0 Å². The van der Waals surface area contributed by atoms with Gasteiger partial charge in [0, 0.05) is 35.5 Å². The van der Waals surface area contributed by atoms with Crippen molar-refractivity contribution in [2.24, 2.45) is 0 Å².